The Morgan fingerprint density at radius 1 is 1.33 bits per heavy atom. The van der Waals surface area contributed by atoms with E-state index in [2.05, 4.69) is 14.9 Å². The Morgan fingerprint density at radius 2 is 2.10 bits per heavy atom. The van der Waals surface area contributed by atoms with E-state index in [0.29, 0.717) is 18.0 Å². The summed E-state index contributed by atoms with van der Waals surface area (Å²) in [4.78, 5) is 11.0. The van der Waals surface area contributed by atoms with Gasteiger partial charge in [0.05, 0.1) is 12.1 Å². The molecule has 0 atom stereocenters. The molecule has 6 heteroatoms. The lowest BCUT2D eigenvalue weighted by Crippen LogP contribution is -2.36. The van der Waals surface area contributed by atoms with Crippen LogP contribution in [0.3, 0.4) is 0 Å². The molecule has 0 aromatic carbocycles. The monoisotopic (exact) mass is 301 g/mol. The molecule has 2 N–H and O–H groups in total. The zero-order valence-corrected chi connectivity index (χ0v) is 12.3. The van der Waals surface area contributed by atoms with Crippen molar-refractivity contribution in [3.63, 3.8) is 0 Å². The summed E-state index contributed by atoms with van der Waals surface area (Å²) in [6.07, 6.45) is 4.07. The molecule has 0 bridgehead atoms. The van der Waals surface area contributed by atoms with E-state index < -0.39 is 0 Å². The lowest BCUT2D eigenvalue weighted by Gasteiger charge is -2.32. The Labute approximate surface area is 128 Å². The van der Waals surface area contributed by atoms with E-state index in [1.807, 2.05) is 18.2 Å². The maximum absolute atomic E-state index is 8.88. The van der Waals surface area contributed by atoms with Gasteiger partial charge in [-0.2, -0.15) is 5.26 Å². The molecule has 0 aliphatic carbocycles. The van der Waals surface area contributed by atoms with Gasteiger partial charge in [0, 0.05) is 30.4 Å². The van der Waals surface area contributed by atoms with Crippen LogP contribution in [0.4, 0.5) is 5.82 Å². The lowest BCUT2D eigenvalue weighted by molar-refractivity contribution is 0.501. The van der Waals surface area contributed by atoms with Crippen molar-refractivity contribution >= 4 is 23.1 Å². The highest BCUT2D eigenvalue weighted by molar-refractivity contribution is 6.30. The number of nitrogens with zero attached hydrogens (tertiary/aromatic N) is 4. The van der Waals surface area contributed by atoms with Gasteiger partial charge in [-0.05, 0) is 31.1 Å². The molecule has 1 fully saturated rings. The summed E-state index contributed by atoms with van der Waals surface area (Å²) in [5.41, 5.74) is 8.18. The smallest absolute Gasteiger partial charge is 0.149 e. The van der Waals surface area contributed by atoms with Crippen LogP contribution in [0, 0.1) is 17.2 Å². The number of allylic oxidation sites excluding steroid dienone is 1. The van der Waals surface area contributed by atoms with Gasteiger partial charge in [-0.25, -0.2) is 4.98 Å². The van der Waals surface area contributed by atoms with E-state index in [1.54, 1.807) is 6.07 Å². The van der Waals surface area contributed by atoms with Gasteiger partial charge < -0.3 is 10.6 Å². The second kappa shape index (κ2) is 5.74. The van der Waals surface area contributed by atoms with Crippen molar-refractivity contribution in [2.24, 2.45) is 16.6 Å². The number of hydrogen-bond donors (Lipinski definition) is 1. The van der Waals surface area contributed by atoms with Gasteiger partial charge in [0.1, 0.15) is 17.0 Å². The fourth-order valence-corrected chi connectivity index (χ4v) is 2.99. The number of piperidine rings is 1. The number of aromatic nitrogens is 1. The largest absolute Gasteiger partial charge is 0.400 e. The maximum atomic E-state index is 8.88. The fourth-order valence-electron chi connectivity index (χ4n) is 2.80. The van der Waals surface area contributed by atoms with Gasteiger partial charge in [0.25, 0.3) is 0 Å². The normalized spacial score (nSPS) is 19.1. The van der Waals surface area contributed by atoms with Crippen LogP contribution in [-0.4, -0.2) is 30.3 Å². The first-order valence-electron chi connectivity index (χ1n) is 6.99. The number of pyridine rings is 1. The predicted octanol–water partition coefficient (Wildman–Crippen LogP) is 2.12. The molecule has 0 saturated carbocycles. The minimum absolute atomic E-state index is 0.271. The molecule has 0 spiro atoms. The van der Waals surface area contributed by atoms with Gasteiger partial charge in [-0.3, -0.25) is 4.99 Å². The van der Waals surface area contributed by atoms with Crippen LogP contribution in [0.15, 0.2) is 28.9 Å². The van der Waals surface area contributed by atoms with Crippen LogP contribution in [0.25, 0.3) is 0 Å². The molecule has 21 heavy (non-hydrogen) atoms. The highest BCUT2D eigenvalue weighted by atomic mass is 35.5. The quantitative estimate of drug-likeness (QED) is 0.849. The third-order valence-corrected chi connectivity index (χ3v) is 4.26. The molecule has 2 aliphatic rings. The Hall–Kier alpha value is -2.06. The topological polar surface area (TPSA) is 78.3 Å². The predicted molar refractivity (Wildman–Crippen MR) is 83.5 cm³/mol. The molecular formula is C15H16ClN5. The summed E-state index contributed by atoms with van der Waals surface area (Å²) in [6, 6.07) is 5.61. The number of aliphatic imine (C=N–C) groups is 1. The third-order valence-electron chi connectivity index (χ3n) is 3.97. The summed E-state index contributed by atoms with van der Waals surface area (Å²) in [5.74, 6) is 1.32. The van der Waals surface area contributed by atoms with Crippen molar-refractivity contribution in [1.29, 1.82) is 5.26 Å². The Morgan fingerprint density at radius 3 is 2.67 bits per heavy atom. The fraction of sp³-hybridized carbons (Fsp3) is 0.400. The summed E-state index contributed by atoms with van der Waals surface area (Å²) in [5, 5.41) is 9.15. The van der Waals surface area contributed by atoms with Gasteiger partial charge in [-0.15, -0.1) is 0 Å². The molecule has 108 valence electrons. The summed E-state index contributed by atoms with van der Waals surface area (Å²) < 4.78 is 0. The van der Waals surface area contributed by atoms with E-state index in [1.165, 1.54) is 0 Å². The molecule has 1 aromatic rings. The SMILES string of the molecule is N#Cc1ccc(N2CCC(C3=NCC(N)=C3)CC2)nc1Cl. The average molecular weight is 302 g/mol. The molecule has 0 radical (unpaired) electrons. The molecule has 0 unspecified atom stereocenters. The van der Waals surface area contributed by atoms with Crippen LogP contribution in [0.1, 0.15) is 18.4 Å². The molecule has 2 aliphatic heterocycles. The standard InChI is InChI=1S/C15H16ClN5/c16-15-11(8-17)1-2-14(20-15)21-5-3-10(4-6-21)13-7-12(18)9-19-13/h1-2,7,10H,3-6,9,18H2. The van der Waals surface area contributed by atoms with Crippen molar-refractivity contribution in [3.05, 3.63) is 34.6 Å². The van der Waals surface area contributed by atoms with Crippen molar-refractivity contribution in [2.45, 2.75) is 12.8 Å². The number of hydrogen-bond acceptors (Lipinski definition) is 5. The van der Waals surface area contributed by atoms with Gasteiger partial charge >= 0.3 is 0 Å². The van der Waals surface area contributed by atoms with Crippen LogP contribution in [-0.2, 0) is 0 Å². The zero-order chi connectivity index (χ0) is 14.8. The third kappa shape index (κ3) is 2.86. The number of nitrogens with two attached hydrogens (primary N) is 1. The molecule has 3 rings (SSSR count). The summed E-state index contributed by atoms with van der Waals surface area (Å²) in [6.45, 7) is 2.46. The van der Waals surface area contributed by atoms with Crippen LogP contribution < -0.4 is 10.6 Å². The van der Waals surface area contributed by atoms with E-state index in [0.717, 1.165) is 43.2 Å². The first-order chi connectivity index (χ1) is 10.2. The maximum Gasteiger partial charge on any atom is 0.149 e. The van der Waals surface area contributed by atoms with Crippen molar-refractivity contribution in [3.8, 4) is 6.07 Å². The van der Waals surface area contributed by atoms with Crippen molar-refractivity contribution in [2.75, 3.05) is 24.5 Å². The van der Waals surface area contributed by atoms with E-state index in [9.17, 15) is 0 Å². The number of halogens is 1. The van der Waals surface area contributed by atoms with Crippen LogP contribution >= 0.6 is 11.6 Å². The van der Waals surface area contributed by atoms with Crippen molar-refractivity contribution in [1.82, 2.24) is 4.98 Å². The Kier molecular flexibility index (Phi) is 3.80. The average Bonchev–Trinajstić information content (AvgIpc) is 2.94. The molecular weight excluding hydrogens is 286 g/mol. The molecule has 0 amide bonds. The van der Waals surface area contributed by atoms with E-state index >= 15 is 0 Å². The van der Waals surface area contributed by atoms with Crippen LogP contribution in [0.2, 0.25) is 5.15 Å². The first-order valence-corrected chi connectivity index (χ1v) is 7.37. The molecule has 5 nitrogen and oxygen atoms in total. The minimum Gasteiger partial charge on any atom is -0.400 e. The zero-order valence-electron chi connectivity index (χ0n) is 11.6. The minimum atomic E-state index is 0.271. The second-order valence-corrected chi connectivity index (χ2v) is 5.70. The van der Waals surface area contributed by atoms with Gasteiger partial charge in [0.2, 0.25) is 0 Å². The van der Waals surface area contributed by atoms with Gasteiger partial charge in [-0.1, -0.05) is 11.6 Å². The second-order valence-electron chi connectivity index (χ2n) is 5.34. The highest BCUT2D eigenvalue weighted by Gasteiger charge is 2.25. The first kappa shape index (κ1) is 13.9. The Bertz CT molecular complexity index is 651. The number of nitriles is 1. The number of rotatable bonds is 2. The highest BCUT2D eigenvalue weighted by Crippen LogP contribution is 2.26. The summed E-state index contributed by atoms with van der Waals surface area (Å²) in [7, 11) is 0. The summed E-state index contributed by atoms with van der Waals surface area (Å²) >= 11 is 6.00. The Balaban J connectivity index is 1.66. The molecule has 1 saturated heterocycles. The van der Waals surface area contributed by atoms with Crippen molar-refractivity contribution < 1.29 is 0 Å². The number of anilines is 1. The molecule has 1 aromatic heterocycles. The molecule has 3 heterocycles. The van der Waals surface area contributed by atoms with E-state index in [4.69, 9.17) is 22.6 Å². The lowest BCUT2D eigenvalue weighted by atomic mass is 9.92. The van der Waals surface area contributed by atoms with Crippen LogP contribution in [0.5, 0.6) is 0 Å². The van der Waals surface area contributed by atoms with Gasteiger partial charge in [0.15, 0.2) is 0 Å². The van der Waals surface area contributed by atoms with E-state index in [-0.39, 0.29) is 5.15 Å².